The minimum absolute atomic E-state index is 0.326. The molecule has 0 aliphatic carbocycles. The van der Waals surface area contributed by atoms with E-state index < -0.39 is 0 Å². The lowest BCUT2D eigenvalue weighted by atomic mass is 10.7. The standard InChI is InChI=1S/C4H4BP/c5-6-3-1-2-4-6/h1-4H. The smallest absolute Gasteiger partial charge is 0.146 e. The van der Waals surface area contributed by atoms with Crippen molar-refractivity contribution in [3.05, 3.63) is 23.7 Å². The second-order valence-corrected chi connectivity index (χ2v) is 2.62. The maximum atomic E-state index is 5.43. The van der Waals surface area contributed by atoms with Crippen LogP contribution >= 0.6 is 7.41 Å². The van der Waals surface area contributed by atoms with Crippen molar-refractivity contribution in [3.63, 3.8) is 0 Å². The van der Waals surface area contributed by atoms with Gasteiger partial charge in [0, 0.05) is 0 Å². The molecule has 28 valence electrons. The largest absolute Gasteiger partial charge is 0.179 e. The quantitative estimate of drug-likeness (QED) is 0.428. The Hall–Kier alpha value is -0.155. The molecular weight excluding hydrogens is 89.8 g/mol. The molecule has 0 spiro atoms. The van der Waals surface area contributed by atoms with Crippen molar-refractivity contribution in [1.29, 1.82) is 0 Å². The molecule has 0 fully saturated rings. The number of hydrogen-bond acceptors (Lipinski definition) is 0. The molecule has 0 bridgehead atoms. The zero-order chi connectivity index (χ0) is 4.41. The van der Waals surface area contributed by atoms with Crippen molar-refractivity contribution >= 4 is 15.0 Å². The fraction of sp³-hybridized carbons (Fsp3) is 0. The van der Waals surface area contributed by atoms with Crippen molar-refractivity contribution in [2.45, 2.75) is 0 Å². The predicted octanol–water partition coefficient (Wildman–Crippen LogP) is 1.60. The van der Waals surface area contributed by atoms with E-state index in [-0.39, 0.29) is 7.41 Å². The zero-order valence-electron chi connectivity index (χ0n) is 3.33. The first-order valence-corrected chi connectivity index (χ1v) is 3.32. The summed E-state index contributed by atoms with van der Waals surface area (Å²) in [5.74, 6) is 4.02. The molecule has 2 radical (unpaired) electrons. The monoisotopic (exact) mass is 94.0 g/mol. The average Bonchev–Trinajstić information content (AvgIpc) is 1.86. The van der Waals surface area contributed by atoms with Crippen LogP contribution in [0.4, 0.5) is 0 Å². The summed E-state index contributed by atoms with van der Waals surface area (Å²) in [5, 5.41) is 0. The normalized spacial score (nSPS) is 8.67. The lowest BCUT2D eigenvalue weighted by Gasteiger charge is -1.69. The van der Waals surface area contributed by atoms with E-state index in [9.17, 15) is 0 Å². The molecule has 1 aromatic heterocycles. The summed E-state index contributed by atoms with van der Waals surface area (Å²) in [6, 6.07) is 3.96. The Morgan fingerprint density at radius 3 is 1.83 bits per heavy atom. The van der Waals surface area contributed by atoms with Crippen LogP contribution in [0.5, 0.6) is 0 Å². The van der Waals surface area contributed by atoms with Crippen LogP contribution < -0.4 is 0 Å². The van der Waals surface area contributed by atoms with Gasteiger partial charge in [0.2, 0.25) is 0 Å². The van der Waals surface area contributed by atoms with Crippen LogP contribution in [-0.4, -0.2) is 7.57 Å². The van der Waals surface area contributed by atoms with Gasteiger partial charge in [-0.05, 0) is 0 Å². The van der Waals surface area contributed by atoms with Gasteiger partial charge in [0.25, 0.3) is 0 Å². The molecule has 1 rings (SSSR count). The predicted molar refractivity (Wildman–Crippen MR) is 30.3 cm³/mol. The molecule has 6 heavy (non-hydrogen) atoms. The molecule has 0 aliphatic rings. The van der Waals surface area contributed by atoms with Gasteiger partial charge in [-0.2, -0.15) is 7.41 Å². The van der Waals surface area contributed by atoms with Gasteiger partial charge in [-0.15, -0.1) is 0 Å². The Kier molecular flexibility index (Phi) is 1.02. The summed E-state index contributed by atoms with van der Waals surface area (Å²) in [7, 11) is 5.10. The molecule has 2 heteroatoms. The summed E-state index contributed by atoms with van der Waals surface area (Å²) in [6.45, 7) is 0. The highest BCUT2D eigenvalue weighted by molar-refractivity contribution is 7.74. The maximum absolute atomic E-state index is 5.43. The first-order valence-electron chi connectivity index (χ1n) is 1.77. The first kappa shape index (κ1) is 4.02. The molecule has 0 saturated carbocycles. The maximum Gasteiger partial charge on any atom is 0.146 e. The van der Waals surface area contributed by atoms with Gasteiger partial charge in [0.1, 0.15) is 7.57 Å². The minimum Gasteiger partial charge on any atom is -0.179 e. The van der Waals surface area contributed by atoms with Gasteiger partial charge >= 0.3 is 0 Å². The van der Waals surface area contributed by atoms with Gasteiger partial charge in [-0.1, -0.05) is 23.7 Å². The molecule has 0 saturated heterocycles. The van der Waals surface area contributed by atoms with E-state index in [1.165, 1.54) is 0 Å². The molecule has 0 unspecified atom stereocenters. The van der Waals surface area contributed by atoms with Crippen molar-refractivity contribution in [1.82, 2.24) is 0 Å². The molecule has 0 amide bonds. The van der Waals surface area contributed by atoms with Crippen LogP contribution in [-0.2, 0) is 0 Å². The summed E-state index contributed by atoms with van der Waals surface area (Å²) in [4.78, 5) is 0. The summed E-state index contributed by atoms with van der Waals surface area (Å²) >= 11 is 0. The average molecular weight is 93.9 g/mol. The van der Waals surface area contributed by atoms with E-state index in [1.807, 2.05) is 23.7 Å². The van der Waals surface area contributed by atoms with Gasteiger partial charge in [-0.3, -0.25) is 0 Å². The molecule has 0 aliphatic heterocycles. The Balaban J connectivity index is 3.05. The van der Waals surface area contributed by atoms with Crippen LogP contribution in [0.25, 0.3) is 0 Å². The SMILES string of the molecule is [B]p1cccc1. The Bertz CT molecular complexity index is 111. The van der Waals surface area contributed by atoms with Crippen LogP contribution in [0.2, 0.25) is 0 Å². The molecule has 1 aromatic rings. The lowest BCUT2D eigenvalue weighted by Crippen LogP contribution is -1.32. The van der Waals surface area contributed by atoms with Gasteiger partial charge < -0.3 is 0 Å². The van der Waals surface area contributed by atoms with Crippen molar-refractivity contribution < 1.29 is 0 Å². The van der Waals surface area contributed by atoms with Gasteiger partial charge in [-0.25, -0.2) is 0 Å². The summed E-state index contributed by atoms with van der Waals surface area (Å²) in [6.07, 6.45) is 0. The topological polar surface area (TPSA) is 0 Å². The van der Waals surface area contributed by atoms with E-state index in [0.29, 0.717) is 0 Å². The van der Waals surface area contributed by atoms with E-state index in [2.05, 4.69) is 0 Å². The van der Waals surface area contributed by atoms with Crippen LogP contribution in [0.1, 0.15) is 0 Å². The highest BCUT2D eigenvalue weighted by atomic mass is 31.1. The number of rotatable bonds is 0. The molecule has 0 aromatic carbocycles. The fourth-order valence-corrected chi connectivity index (χ4v) is 1.04. The van der Waals surface area contributed by atoms with Crippen LogP contribution in [0, 0.1) is 0 Å². The molecule has 0 atom stereocenters. The fourth-order valence-electron chi connectivity index (χ4n) is 0.348. The van der Waals surface area contributed by atoms with Gasteiger partial charge in [0.05, 0.1) is 0 Å². The van der Waals surface area contributed by atoms with Crippen molar-refractivity contribution in [2.24, 2.45) is 0 Å². The minimum atomic E-state index is -0.326. The third kappa shape index (κ3) is 0.664. The highest BCUT2D eigenvalue weighted by Gasteiger charge is 1.71. The van der Waals surface area contributed by atoms with Crippen molar-refractivity contribution in [3.8, 4) is 0 Å². The zero-order valence-corrected chi connectivity index (χ0v) is 4.23. The molecule has 0 nitrogen and oxygen atoms in total. The second-order valence-electron chi connectivity index (χ2n) is 1.13. The van der Waals surface area contributed by atoms with Gasteiger partial charge in [0.15, 0.2) is 0 Å². The highest BCUT2D eigenvalue weighted by Crippen LogP contribution is 2.17. The Morgan fingerprint density at radius 1 is 1.17 bits per heavy atom. The molecule has 1 heterocycles. The third-order valence-electron chi connectivity index (χ3n) is 0.628. The van der Waals surface area contributed by atoms with E-state index in [0.717, 1.165) is 0 Å². The van der Waals surface area contributed by atoms with Crippen molar-refractivity contribution in [2.75, 3.05) is 0 Å². The van der Waals surface area contributed by atoms with Crippen LogP contribution in [0.3, 0.4) is 0 Å². The van der Waals surface area contributed by atoms with E-state index >= 15 is 0 Å². The summed E-state index contributed by atoms with van der Waals surface area (Å²) < 4.78 is 0. The van der Waals surface area contributed by atoms with E-state index in [4.69, 9.17) is 7.57 Å². The molecule has 0 N–H and O–H groups in total. The van der Waals surface area contributed by atoms with E-state index in [1.54, 1.807) is 0 Å². The Morgan fingerprint density at radius 2 is 1.67 bits per heavy atom. The first-order chi connectivity index (χ1) is 2.89. The Labute approximate surface area is 39.6 Å². The summed E-state index contributed by atoms with van der Waals surface area (Å²) in [5.41, 5.74) is 0. The molecular formula is C4H4BP. The third-order valence-corrected chi connectivity index (χ3v) is 1.66. The lowest BCUT2D eigenvalue weighted by molar-refractivity contribution is 2.03. The second kappa shape index (κ2) is 1.53. The van der Waals surface area contributed by atoms with Crippen LogP contribution in [0.15, 0.2) is 23.7 Å². The number of hydrogen-bond donors (Lipinski definition) is 0.